The summed E-state index contributed by atoms with van der Waals surface area (Å²) in [6.07, 6.45) is 28.1. The molecule has 0 radical (unpaired) electrons. The van der Waals surface area contributed by atoms with Crippen molar-refractivity contribution in [1.82, 2.24) is 0 Å². The van der Waals surface area contributed by atoms with E-state index in [0.29, 0.717) is 0 Å². The van der Waals surface area contributed by atoms with Gasteiger partial charge in [-0.1, -0.05) is 164 Å². The largest absolute Gasteiger partial charge is 0.0654 e. The van der Waals surface area contributed by atoms with Crippen molar-refractivity contribution in [3.8, 4) is 0 Å². The van der Waals surface area contributed by atoms with Crippen LogP contribution in [0.1, 0.15) is 164 Å². The summed E-state index contributed by atoms with van der Waals surface area (Å²) in [6.45, 7) is 14.0. The van der Waals surface area contributed by atoms with E-state index in [1.54, 1.807) is 0 Å². The lowest BCUT2D eigenvalue weighted by Crippen LogP contribution is -2.13. The van der Waals surface area contributed by atoms with Gasteiger partial charge in [-0.15, -0.1) is 0 Å². The van der Waals surface area contributed by atoms with Gasteiger partial charge in [0.15, 0.2) is 0 Å². The van der Waals surface area contributed by atoms with Gasteiger partial charge in [0.25, 0.3) is 0 Å². The van der Waals surface area contributed by atoms with Crippen LogP contribution in [0.4, 0.5) is 0 Å². The molecule has 3 aliphatic carbocycles. The first-order chi connectivity index (χ1) is 15.0. The molecule has 0 aromatic rings. The summed E-state index contributed by atoms with van der Waals surface area (Å²) in [4.78, 5) is 0. The highest BCUT2D eigenvalue weighted by Crippen LogP contribution is 2.33. The first kappa shape index (κ1) is 29.0. The van der Waals surface area contributed by atoms with Crippen LogP contribution in [0.25, 0.3) is 0 Å². The molecule has 0 bridgehead atoms. The third kappa shape index (κ3) is 14.0. The van der Waals surface area contributed by atoms with Crippen molar-refractivity contribution in [1.29, 1.82) is 0 Å². The van der Waals surface area contributed by atoms with Crippen molar-refractivity contribution in [3.63, 3.8) is 0 Å². The van der Waals surface area contributed by atoms with E-state index in [0.717, 1.165) is 35.5 Å². The SMILES string of the molecule is CCCC1CCC(C)CC1.CCCC1CCC(C)CC1.CCCC1CCC(CC)CC1. The standard InChI is InChI=1S/C11H22.2C10H20/c1-3-5-11-8-6-10(4-2)7-9-11;2*1-3-4-10-7-5-9(2)6-8-10/h10-11H,3-9H2,1-2H3;2*9-10H,3-8H2,1-2H3. The zero-order valence-electron chi connectivity index (χ0n) is 22.9. The molecule has 0 aromatic heterocycles. The Kier molecular flexibility index (Phi) is 17.3. The lowest BCUT2D eigenvalue weighted by Gasteiger charge is -2.27. The molecular formula is C31H62. The Morgan fingerprint density at radius 1 is 0.387 bits per heavy atom. The van der Waals surface area contributed by atoms with Crippen molar-refractivity contribution in [3.05, 3.63) is 0 Å². The fourth-order valence-corrected chi connectivity index (χ4v) is 6.39. The average molecular weight is 435 g/mol. The second-order valence-electron chi connectivity index (χ2n) is 11.9. The van der Waals surface area contributed by atoms with Gasteiger partial charge in [-0.05, 0) is 35.5 Å². The van der Waals surface area contributed by atoms with Gasteiger partial charge in [-0.25, -0.2) is 0 Å². The van der Waals surface area contributed by atoms with Crippen LogP contribution >= 0.6 is 0 Å². The minimum Gasteiger partial charge on any atom is -0.0654 e. The molecule has 31 heavy (non-hydrogen) atoms. The summed E-state index contributed by atoms with van der Waals surface area (Å²) in [7, 11) is 0. The maximum Gasteiger partial charge on any atom is -0.0414 e. The fourth-order valence-electron chi connectivity index (χ4n) is 6.39. The van der Waals surface area contributed by atoms with E-state index in [4.69, 9.17) is 0 Å². The monoisotopic (exact) mass is 434 g/mol. The smallest absolute Gasteiger partial charge is 0.0414 e. The Bertz CT molecular complexity index is 337. The van der Waals surface area contributed by atoms with Crippen molar-refractivity contribution < 1.29 is 0 Å². The van der Waals surface area contributed by atoms with E-state index in [1.807, 2.05) is 0 Å². The van der Waals surface area contributed by atoms with Crippen molar-refractivity contribution in [2.24, 2.45) is 35.5 Å². The first-order valence-corrected chi connectivity index (χ1v) is 15.0. The lowest BCUT2D eigenvalue weighted by atomic mass is 9.79. The average Bonchev–Trinajstić information content (AvgIpc) is 2.79. The minimum absolute atomic E-state index is 1.02. The normalized spacial score (nSPS) is 33.5. The predicted octanol–water partition coefficient (Wildman–Crippen LogP) is 11.2. The molecule has 0 amide bonds. The molecule has 0 aliphatic heterocycles. The Balaban J connectivity index is 0.000000233. The summed E-state index contributed by atoms with van der Waals surface area (Å²) >= 11 is 0. The number of hydrogen-bond donors (Lipinski definition) is 0. The van der Waals surface area contributed by atoms with Gasteiger partial charge in [0.1, 0.15) is 0 Å². The van der Waals surface area contributed by atoms with Crippen LogP contribution < -0.4 is 0 Å². The molecule has 0 N–H and O–H groups in total. The lowest BCUT2D eigenvalue weighted by molar-refractivity contribution is 0.257. The van der Waals surface area contributed by atoms with E-state index < -0.39 is 0 Å². The maximum atomic E-state index is 2.39. The second kappa shape index (κ2) is 18.4. The van der Waals surface area contributed by atoms with Crippen molar-refractivity contribution >= 4 is 0 Å². The quantitative estimate of drug-likeness (QED) is 0.373. The summed E-state index contributed by atoms with van der Waals surface area (Å²) < 4.78 is 0. The molecule has 3 fully saturated rings. The fraction of sp³-hybridized carbons (Fsp3) is 1.00. The zero-order valence-corrected chi connectivity index (χ0v) is 22.9. The summed E-state index contributed by atoms with van der Waals surface area (Å²) in [5.74, 6) is 6.37. The van der Waals surface area contributed by atoms with Crippen LogP contribution in [-0.2, 0) is 0 Å². The van der Waals surface area contributed by atoms with E-state index in [9.17, 15) is 0 Å². The van der Waals surface area contributed by atoms with E-state index in [-0.39, 0.29) is 0 Å². The van der Waals surface area contributed by atoms with Gasteiger partial charge < -0.3 is 0 Å². The molecule has 0 unspecified atom stereocenters. The van der Waals surface area contributed by atoms with Crippen LogP contribution in [0.2, 0.25) is 0 Å². The topological polar surface area (TPSA) is 0 Å². The molecule has 3 rings (SSSR count). The second-order valence-corrected chi connectivity index (χ2v) is 11.9. The van der Waals surface area contributed by atoms with Crippen LogP contribution in [0, 0.1) is 35.5 Å². The Hall–Kier alpha value is 0. The van der Waals surface area contributed by atoms with Crippen LogP contribution in [0.3, 0.4) is 0 Å². The minimum atomic E-state index is 1.02. The molecule has 0 nitrogen and oxygen atoms in total. The molecule has 0 aromatic carbocycles. The summed E-state index contributed by atoms with van der Waals surface area (Å²) in [5.41, 5.74) is 0. The molecule has 186 valence electrons. The van der Waals surface area contributed by atoms with Gasteiger partial charge in [0.05, 0.1) is 0 Å². The van der Waals surface area contributed by atoms with Crippen molar-refractivity contribution in [2.45, 2.75) is 164 Å². The van der Waals surface area contributed by atoms with Gasteiger partial charge in [0, 0.05) is 0 Å². The van der Waals surface area contributed by atoms with Crippen LogP contribution in [-0.4, -0.2) is 0 Å². The molecule has 0 heterocycles. The maximum absolute atomic E-state index is 2.39. The molecule has 0 heteroatoms. The molecule has 0 atom stereocenters. The Morgan fingerprint density at radius 2 is 0.645 bits per heavy atom. The molecule has 0 spiro atoms. The third-order valence-electron chi connectivity index (χ3n) is 8.91. The molecule has 0 saturated heterocycles. The number of hydrogen-bond acceptors (Lipinski definition) is 0. The van der Waals surface area contributed by atoms with Crippen LogP contribution in [0.15, 0.2) is 0 Å². The Morgan fingerprint density at radius 3 is 0.903 bits per heavy atom. The molecule has 3 saturated carbocycles. The van der Waals surface area contributed by atoms with E-state index >= 15 is 0 Å². The molecular weight excluding hydrogens is 372 g/mol. The van der Waals surface area contributed by atoms with Crippen molar-refractivity contribution in [2.75, 3.05) is 0 Å². The van der Waals surface area contributed by atoms with Gasteiger partial charge in [0.2, 0.25) is 0 Å². The third-order valence-corrected chi connectivity index (χ3v) is 8.91. The van der Waals surface area contributed by atoms with E-state index in [1.165, 1.54) is 122 Å². The highest BCUT2D eigenvalue weighted by atomic mass is 14.2. The van der Waals surface area contributed by atoms with Gasteiger partial charge in [-0.2, -0.15) is 0 Å². The highest BCUT2D eigenvalue weighted by Gasteiger charge is 2.19. The van der Waals surface area contributed by atoms with E-state index in [2.05, 4.69) is 41.5 Å². The summed E-state index contributed by atoms with van der Waals surface area (Å²) in [5, 5.41) is 0. The number of rotatable bonds is 7. The van der Waals surface area contributed by atoms with Crippen LogP contribution in [0.5, 0.6) is 0 Å². The Labute approximate surface area is 199 Å². The zero-order chi connectivity index (χ0) is 22.9. The molecule has 3 aliphatic rings. The predicted molar refractivity (Wildman–Crippen MR) is 143 cm³/mol. The highest BCUT2D eigenvalue weighted by molar-refractivity contribution is 4.71. The first-order valence-electron chi connectivity index (χ1n) is 15.0. The summed E-state index contributed by atoms with van der Waals surface area (Å²) in [6, 6.07) is 0. The van der Waals surface area contributed by atoms with Gasteiger partial charge >= 0.3 is 0 Å². The van der Waals surface area contributed by atoms with Gasteiger partial charge in [-0.3, -0.25) is 0 Å².